The number of likely N-dealkylation sites (N-methyl/N-ethyl adjacent to an activating group) is 1. The van der Waals surface area contributed by atoms with Crippen LogP contribution in [0, 0.1) is 0 Å². The second kappa shape index (κ2) is 5.71. The fourth-order valence-electron chi connectivity index (χ4n) is 2.31. The highest BCUT2D eigenvalue weighted by Gasteiger charge is 2.23. The van der Waals surface area contributed by atoms with E-state index in [4.69, 9.17) is 16.7 Å². The Balaban J connectivity index is 2.07. The van der Waals surface area contributed by atoms with Gasteiger partial charge in [-0.2, -0.15) is 0 Å². The van der Waals surface area contributed by atoms with Crippen LogP contribution in [0.2, 0.25) is 5.02 Å². The molecule has 1 aromatic rings. The van der Waals surface area contributed by atoms with E-state index in [-0.39, 0.29) is 6.61 Å². The SMILES string of the molecule is CN1CCN(c2cccc(Cl)c2)CC1CCO. The molecule has 0 aliphatic carbocycles. The predicted octanol–water partition coefficient (Wildman–Crippen LogP) is 1.84. The molecular formula is C13H19ClN2O. The van der Waals surface area contributed by atoms with Gasteiger partial charge in [0.1, 0.15) is 0 Å². The van der Waals surface area contributed by atoms with Crippen LogP contribution in [-0.2, 0) is 0 Å². The van der Waals surface area contributed by atoms with E-state index in [0.29, 0.717) is 6.04 Å². The summed E-state index contributed by atoms with van der Waals surface area (Å²) in [6.07, 6.45) is 0.827. The average molecular weight is 255 g/mol. The number of piperazine rings is 1. The van der Waals surface area contributed by atoms with Gasteiger partial charge < -0.3 is 10.0 Å². The fourth-order valence-corrected chi connectivity index (χ4v) is 2.50. The number of hydrogen-bond donors (Lipinski definition) is 1. The van der Waals surface area contributed by atoms with E-state index < -0.39 is 0 Å². The van der Waals surface area contributed by atoms with E-state index in [1.807, 2.05) is 18.2 Å². The lowest BCUT2D eigenvalue weighted by atomic mass is 10.1. The van der Waals surface area contributed by atoms with Crippen molar-refractivity contribution in [2.45, 2.75) is 12.5 Å². The molecule has 1 N–H and O–H groups in total. The molecule has 0 amide bonds. The molecule has 1 fully saturated rings. The Kier molecular flexibility index (Phi) is 4.26. The van der Waals surface area contributed by atoms with Gasteiger partial charge in [-0.3, -0.25) is 4.90 Å². The highest BCUT2D eigenvalue weighted by Crippen LogP contribution is 2.22. The van der Waals surface area contributed by atoms with Gasteiger partial charge in [0.15, 0.2) is 0 Å². The molecule has 0 bridgehead atoms. The van der Waals surface area contributed by atoms with Crippen molar-refractivity contribution >= 4 is 17.3 Å². The minimum atomic E-state index is 0.248. The topological polar surface area (TPSA) is 26.7 Å². The van der Waals surface area contributed by atoms with Crippen LogP contribution in [0.15, 0.2) is 24.3 Å². The van der Waals surface area contributed by atoms with E-state index in [9.17, 15) is 0 Å². The number of rotatable bonds is 3. The number of anilines is 1. The molecule has 4 heteroatoms. The van der Waals surface area contributed by atoms with Crippen molar-refractivity contribution in [3.8, 4) is 0 Å². The van der Waals surface area contributed by atoms with Gasteiger partial charge in [-0.25, -0.2) is 0 Å². The molecule has 94 valence electrons. The van der Waals surface area contributed by atoms with Crippen molar-refractivity contribution in [2.24, 2.45) is 0 Å². The summed E-state index contributed by atoms with van der Waals surface area (Å²) in [7, 11) is 2.12. The minimum absolute atomic E-state index is 0.248. The zero-order valence-electron chi connectivity index (χ0n) is 10.1. The van der Waals surface area contributed by atoms with E-state index >= 15 is 0 Å². The molecule has 0 spiro atoms. The lowest BCUT2D eigenvalue weighted by molar-refractivity contribution is 0.171. The van der Waals surface area contributed by atoms with Crippen molar-refractivity contribution < 1.29 is 5.11 Å². The molecule has 1 heterocycles. The second-order valence-corrected chi connectivity index (χ2v) is 5.01. The van der Waals surface area contributed by atoms with Crippen molar-refractivity contribution in [3.63, 3.8) is 0 Å². The van der Waals surface area contributed by atoms with Gasteiger partial charge >= 0.3 is 0 Å². The number of aliphatic hydroxyl groups is 1. The van der Waals surface area contributed by atoms with Crippen LogP contribution in [0.4, 0.5) is 5.69 Å². The van der Waals surface area contributed by atoms with Crippen molar-refractivity contribution in [1.82, 2.24) is 4.90 Å². The van der Waals surface area contributed by atoms with E-state index in [1.54, 1.807) is 0 Å². The molecule has 1 saturated heterocycles. The maximum Gasteiger partial charge on any atom is 0.0446 e. The summed E-state index contributed by atoms with van der Waals surface area (Å²) in [5.74, 6) is 0. The van der Waals surface area contributed by atoms with Crippen molar-refractivity contribution in [2.75, 3.05) is 38.2 Å². The number of aliphatic hydroxyl groups excluding tert-OH is 1. The summed E-state index contributed by atoms with van der Waals surface area (Å²) in [5.41, 5.74) is 1.17. The lowest BCUT2D eigenvalue weighted by Crippen LogP contribution is -2.51. The van der Waals surface area contributed by atoms with Crippen LogP contribution >= 0.6 is 11.6 Å². The van der Waals surface area contributed by atoms with E-state index in [2.05, 4.69) is 22.9 Å². The largest absolute Gasteiger partial charge is 0.396 e. The van der Waals surface area contributed by atoms with Crippen LogP contribution in [0.3, 0.4) is 0 Å². The molecule has 17 heavy (non-hydrogen) atoms. The third kappa shape index (κ3) is 3.12. The van der Waals surface area contributed by atoms with Crippen molar-refractivity contribution in [1.29, 1.82) is 0 Å². The van der Waals surface area contributed by atoms with E-state index in [0.717, 1.165) is 31.1 Å². The molecular weight excluding hydrogens is 236 g/mol. The highest BCUT2D eigenvalue weighted by molar-refractivity contribution is 6.30. The summed E-state index contributed by atoms with van der Waals surface area (Å²) in [4.78, 5) is 4.66. The first-order chi connectivity index (χ1) is 8.20. The maximum absolute atomic E-state index is 9.07. The number of halogens is 1. The van der Waals surface area contributed by atoms with Gasteiger partial charge in [-0.1, -0.05) is 17.7 Å². The summed E-state index contributed by atoms with van der Waals surface area (Å²) in [5, 5.41) is 9.85. The number of nitrogens with zero attached hydrogens (tertiary/aromatic N) is 2. The number of benzene rings is 1. The first-order valence-corrected chi connectivity index (χ1v) is 6.40. The zero-order chi connectivity index (χ0) is 12.3. The van der Waals surface area contributed by atoms with Crippen molar-refractivity contribution in [3.05, 3.63) is 29.3 Å². The van der Waals surface area contributed by atoms with Crippen LogP contribution in [-0.4, -0.2) is 49.3 Å². The van der Waals surface area contributed by atoms with Gasteiger partial charge in [-0.15, -0.1) is 0 Å². The normalized spacial score (nSPS) is 21.8. The molecule has 3 nitrogen and oxygen atoms in total. The first kappa shape index (κ1) is 12.7. The van der Waals surface area contributed by atoms with Crippen LogP contribution < -0.4 is 4.90 Å². The van der Waals surface area contributed by atoms with Crippen LogP contribution in [0.5, 0.6) is 0 Å². The van der Waals surface area contributed by atoms with Gasteiger partial charge in [0.2, 0.25) is 0 Å². The van der Waals surface area contributed by atoms with Crippen LogP contribution in [0.25, 0.3) is 0 Å². The summed E-state index contributed by atoms with van der Waals surface area (Å²) >= 11 is 6.01. The molecule has 0 radical (unpaired) electrons. The Bertz CT molecular complexity index is 372. The Hall–Kier alpha value is -0.770. The predicted molar refractivity (Wildman–Crippen MR) is 71.8 cm³/mol. The zero-order valence-corrected chi connectivity index (χ0v) is 10.9. The summed E-state index contributed by atoms with van der Waals surface area (Å²) in [6.45, 7) is 3.24. The number of hydrogen-bond acceptors (Lipinski definition) is 3. The smallest absolute Gasteiger partial charge is 0.0446 e. The molecule has 1 aromatic carbocycles. The summed E-state index contributed by atoms with van der Waals surface area (Å²) in [6, 6.07) is 8.40. The quantitative estimate of drug-likeness (QED) is 0.892. The molecule has 0 aromatic heterocycles. The second-order valence-electron chi connectivity index (χ2n) is 4.57. The third-order valence-electron chi connectivity index (χ3n) is 3.41. The average Bonchev–Trinajstić information content (AvgIpc) is 2.32. The first-order valence-electron chi connectivity index (χ1n) is 6.02. The van der Waals surface area contributed by atoms with Gasteiger partial charge in [0, 0.05) is 43.0 Å². The standard InChI is InChI=1S/C13H19ClN2O/c1-15-6-7-16(10-13(15)5-8-17)12-4-2-3-11(14)9-12/h2-4,9,13,17H,5-8,10H2,1H3. The third-order valence-corrected chi connectivity index (χ3v) is 3.65. The highest BCUT2D eigenvalue weighted by atomic mass is 35.5. The Labute approximate surface area is 108 Å². The fraction of sp³-hybridized carbons (Fsp3) is 0.538. The van der Waals surface area contributed by atoms with Gasteiger partial charge in [0.05, 0.1) is 0 Å². The molecule has 1 aliphatic heterocycles. The Morgan fingerprint density at radius 1 is 1.41 bits per heavy atom. The molecule has 2 rings (SSSR count). The summed E-state index contributed by atoms with van der Waals surface area (Å²) < 4.78 is 0. The molecule has 1 unspecified atom stereocenters. The Morgan fingerprint density at radius 2 is 2.24 bits per heavy atom. The maximum atomic E-state index is 9.07. The monoisotopic (exact) mass is 254 g/mol. The van der Waals surface area contributed by atoms with Crippen LogP contribution in [0.1, 0.15) is 6.42 Å². The van der Waals surface area contributed by atoms with Gasteiger partial charge in [0.25, 0.3) is 0 Å². The lowest BCUT2D eigenvalue weighted by Gasteiger charge is -2.40. The molecule has 1 atom stereocenters. The Morgan fingerprint density at radius 3 is 2.94 bits per heavy atom. The molecule has 0 saturated carbocycles. The van der Waals surface area contributed by atoms with E-state index in [1.165, 1.54) is 5.69 Å². The van der Waals surface area contributed by atoms with Gasteiger partial charge in [-0.05, 0) is 31.7 Å². The minimum Gasteiger partial charge on any atom is -0.396 e. The molecule has 1 aliphatic rings.